The molecule has 1 aliphatic heterocycles. The van der Waals surface area contributed by atoms with E-state index in [0.29, 0.717) is 37.6 Å². The van der Waals surface area contributed by atoms with Gasteiger partial charge in [-0.25, -0.2) is 13.4 Å². The van der Waals surface area contributed by atoms with Crippen LogP contribution in [-0.2, 0) is 14.8 Å². The molecule has 0 spiro atoms. The van der Waals surface area contributed by atoms with E-state index in [2.05, 4.69) is 10.3 Å². The Hall–Kier alpha value is -2.24. The van der Waals surface area contributed by atoms with Crippen molar-refractivity contribution in [1.82, 2.24) is 9.29 Å². The number of aromatic nitrogens is 1. The van der Waals surface area contributed by atoms with E-state index in [0.717, 1.165) is 20.5 Å². The molecule has 1 saturated heterocycles. The molecule has 32 heavy (non-hydrogen) atoms. The maximum Gasteiger partial charge on any atom is 0.255 e. The van der Waals surface area contributed by atoms with Crippen LogP contribution in [0.15, 0.2) is 62.0 Å². The summed E-state index contributed by atoms with van der Waals surface area (Å²) in [6.07, 6.45) is 0. The first kappa shape index (κ1) is 22.9. The van der Waals surface area contributed by atoms with Gasteiger partial charge in [-0.1, -0.05) is 11.8 Å². The summed E-state index contributed by atoms with van der Waals surface area (Å²) in [5.74, 6) is -0.292. The predicted octanol–water partition coefficient (Wildman–Crippen LogP) is 4.18. The van der Waals surface area contributed by atoms with Gasteiger partial charge >= 0.3 is 0 Å². The number of rotatable bonds is 6. The molecular formula is C22H23N3O4S3. The third-order valence-corrected chi connectivity index (χ3v) is 8.93. The Kier molecular flexibility index (Phi) is 6.96. The molecule has 0 unspecified atom stereocenters. The van der Waals surface area contributed by atoms with E-state index in [9.17, 15) is 13.2 Å². The smallest absolute Gasteiger partial charge is 0.255 e. The summed E-state index contributed by atoms with van der Waals surface area (Å²) >= 11 is 3.19. The number of amides is 1. The molecule has 10 heteroatoms. The number of sulfonamides is 1. The number of morpholine rings is 1. The number of aryl methyl sites for hydroxylation is 2. The lowest BCUT2D eigenvalue weighted by Gasteiger charge is -2.26. The van der Waals surface area contributed by atoms with Gasteiger partial charge in [0.1, 0.15) is 0 Å². The summed E-state index contributed by atoms with van der Waals surface area (Å²) in [7, 11) is -3.58. The standard InChI is InChI=1S/C22H23N3O4S3/c1-15-13-18(31-22-23-16(2)14-30-22)5-8-20(15)24-21(26)17-3-6-19(7-4-17)32(27,28)25-9-11-29-12-10-25/h3-8,13-14H,9-12H2,1-2H3,(H,24,26). The van der Waals surface area contributed by atoms with Gasteiger partial charge in [-0.15, -0.1) is 11.3 Å². The van der Waals surface area contributed by atoms with Crippen LogP contribution in [-0.4, -0.2) is 49.9 Å². The lowest BCUT2D eigenvalue weighted by Crippen LogP contribution is -2.40. The summed E-state index contributed by atoms with van der Waals surface area (Å²) < 4.78 is 33.1. The lowest BCUT2D eigenvalue weighted by atomic mass is 10.1. The van der Waals surface area contributed by atoms with Crippen molar-refractivity contribution in [2.24, 2.45) is 0 Å². The van der Waals surface area contributed by atoms with Crippen LogP contribution < -0.4 is 5.32 Å². The van der Waals surface area contributed by atoms with Gasteiger partial charge in [0.15, 0.2) is 4.34 Å². The monoisotopic (exact) mass is 489 g/mol. The van der Waals surface area contributed by atoms with Crippen molar-refractivity contribution >= 4 is 44.7 Å². The van der Waals surface area contributed by atoms with E-state index in [1.807, 2.05) is 37.4 Å². The highest BCUT2D eigenvalue weighted by molar-refractivity contribution is 8.01. The van der Waals surface area contributed by atoms with E-state index in [1.165, 1.54) is 28.6 Å². The molecular weight excluding hydrogens is 466 g/mol. The zero-order valence-corrected chi connectivity index (χ0v) is 20.1. The van der Waals surface area contributed by atoms with Gasteiger partial charge in [-0.2, -0.15) is 4.31 Å². The van der Waals surface area contributed by atoms with Crippen molar-refractivity contribution in [2.75, 3.05) is 31.6 Å². The molecule has 0 saturated carbocycles. The number of hydrogen-bond acceptors (Lipinski definition) is 7. The maximum atomic E-state index is 12.7. The average molecular weight is 490 g/mol. The molecule has 0 aliphatic carbocycles. The molecule has 4 rings (SSSR count). The fourth-order valence-electron chi connectivity index (χ4n) is 3.23. The van der Waals surface area contributed by atoms with E-state index in [1.54, 1.807) is 23.1 Å². The Labute approximate surface area is 195 Å². The van der Waals surface area contributed by atoms with Gasteiger partial charge in [0.25, 0.3) is 5.91 Å². The minimum atomic E-state index is -3.58. The second kappa shape index (κ2) is 9.72. The highest BCUT2D eigenvalue weighted by Crippen LogP contribution is 2.32. The van der Waals surface area contributed by atoms with E-state index < -0.39 is 10.0 Å². The zero-order chi connectivity index (χ0) is 22.7. The molecule has 1 amide bonds. The highest BCUT2D eigenvalue weighted by Gasteiger charge is 2.26. The summed E-state index contributed by atoms with van der Waals surface area (Å²) in [5.41, 5.74) is 3.03. The Morgan fingerprint density at radius 1 is 1.12 bits per heavy atom. The number of carbonyl (C=O) groups is 1. The molecule has 0 bridgehead atoms. The van der Waals surface area contributed by atoms with Gasteiger partial charge in [-0.05, 0) is 61.9 Å². The highest BCUT2D eigenvalue weighted by atomic mass is 32.2. The minimum Gasteiger partial charge on any atom is -0.379 e. The molecule has 7 nitrogen and oxygen atoms in total. The lowest BCUT2D eigenvalue weighted by molar-refractivity contribution is 0.0730. The van der Waals surface area contributed by atoms with Crippen LogP contribution >= 0.6 is 23.1 Å². The third-order valence-electron chi connectivity index (χ3n) is 4.97. The fourth-order valence-corrected chi connectivity index (χ4v) is 6.55. The molecule has 3 aromatic rings. The summed E-state index contributed by atoms with van der Waals surface area (Å²) in [6, 6.07) is 11.8. The van der Waals surface area contributed by atoms with Crippen molar-refractivity contribution in [3.05, 3.63) is 64.7 Å². The van der Waals surface area contributed by atoms with Crippen LogP contribution in [0.3, 0.4) is 0 Å². The van der Waals surface area contributed by atoms with Gasteiger partial charge in [0.05, 0.1) is 18.1 Å². The topological polar surface area (TPSA) is 88.6 Å². The van der Waals surface area contributed by atoms with Crippen molar-refractivity contribution < 1.29 is 17.9 Å². The molecule has 0 radical (unpaired) electrons. The number of hydrogen-bond donors (Lipinski definition) is 1. The Bertz CT molecular complexity index is 1220. The molecule has 1 aromatic heterocycles. The van der Waals surface area contributed by atoms with Gasteiger partial charge in [0, 0.05) is 40.3 Å². The average Bonchev–Trinajstić information content (AvgIpc) is 3.20. The van der Waals surface area contributed by atoms with Crippen LogP contribution in [0, 0.1) is 13.8 Å². The largest absolute Gasteiger partial charge is 0.379 e. The molecule has 1 fully saturated rings. The fraction of sp³-hybridized carbons (Fsp3) is 0.273. The van der Waals surface area contributed by atoms with Crippen molar-refractivity contribution in [3.63, 3.8) is 0 Å². The predicted molar refractivity (Wildman–Crippen MR) is 126 cm³/mol. The molecule has 1 aliphatic rings. The van der Waals surface area contributed by atoms with E-state index >= 15 is 0 Å². The molecule has 0 atom stereocenters. The second-order valence-corrected chi connectivity index (χ2v) is 11.4. The van der Waals surface area contributed by atoms with Crippen LogP contribution in [0.5, 0.6) is 0 Å². The Morgan fingerprint density at radius 2 is 1.84 bits per heavy atom. The van der Waals surface area contributed by atoms with Crippen molar-refractivity contribution in [3.8, 4) is 0 Å². The molecule has 2 aromatic carbocycles. The van der Waals surface area contributed by atoms with Gasteiger partial charge < -0.3 is 10.1 Å². The molecule has 1 N–H and O–H groups in total. The number of anilines is 1. The molecule has 2 heterocycles. The maximum absolute atomic E-state index is 12.7. The molecule has 168 valence electrons. The van der Waals surface area contributed by atoms with Crippen LogP contribution in [0.2, 0.25) is 0 Å². The normalized spacial score (nSPS) is 14.9. The number of carbonyl (C=O) groups excluding carboxylic acids is 1. The number of nitrogens with zero attached hydrogens (tertiary/aromatic N) is 2. The number of nitrogens with one attached hydrogen (secondary N) is 1. The van der Waals surface area contributed by atoms with Gasteiger partial charge in [0.2, 0.25) is 10.0 Å². The summed E-state index contributed by atoms with van der Waals surface area (Å²) in [5, 5.41) is 4.92. The van der Waals surface area contributed by atoms with Crippen LogP contribution in [0.1, 0.15) is 21.6 Å². The van der Waals surface area contributed by atoms with E-state index in [4.69, 9.17) is 4.74 Å². The first-order valence-corrected chi connectivity index (χ1v) is 13.2. The Balaban J connectivity index is 1.43. The first-order chi connectivity index (χ1) is 15.3. The number of thiazole rings is 1. The van der Waals surface area contributed by atoms with E-state index in [-0.39, 0.29) is 10.8 Å². The zero-order valence-electron chi connectivity index (χ0n) is 17.7. The number of ether oxygens (including phenoxy) is 1. The first-order valence-electron chi connectivity index (χ1n) is 10.0. The van der Waals surface area contributed by atoms with Crippen LogP contribution in [0.4, 0.5) is 5.69 Å². The second-order valence-electron chi connectivity index (χ2n) is 7.33. The minimum absolute atomic E-state index is 0.172. The van der Waals surface area contributed by atoms with Crippen LogP contribution in [0.25, 0.3) is 0 Å². The summed E-state index contributed by atoms with van der Waals surface area (Å²) in [6.45, 7) is 5.35. The van der Waals surface area contributed by atoms with Crippen molar-refractivity contribution in [1.29, 1.82) is 0 Å². The SMILES string of the molecule is Cc1csc(Sc2ccc(NC(=O)c3ccc(S(=O)(=O)N4CCOCC4)cc3)c(C)c2)n1. The number of benzene rings is 2. The van der Waals surface area contributed by atoms with Crippen molar-refractivity contribution in [2.45, 2.75) is 28.0 Å². The quantitative estimate of drug-likeness (QED) is 0.559. The summed E-state index contributed by atoms with van der Waals surface area (Å²) in [4.78, 5) is 18.4. The third kappa shape index (κ3) is 5.21. The Morgan fingerprint density at radius 3 is 2.47 bits per heavy atom. The van der Waals surface area contributed by atoms with Gasteiger partial charge in [-0.3, -0.25) is 4.79 Å².